The summed E-state index contributed by atoms with van der Waals surface area (Å²) in [7, 11) is 1.95. The molecule has 1 aromatic heterocycles. The SMILES string of the molecule is C=CCSc1ccccc1NC(=O)CN(C)[C@@H](C)c1nc2ccccc2s1. The number of thiazole rings is 1. The highest BCUT2D eigenvalue weighted by molar-refractivity contribution is 7.99. The number of likely N-dealkylation sites (N-methyl/N-ethyl adjacent to an activating group) is 1. The van der Waals surface area contributed by atoms with Gasteiger partial charge in [-0.2, -0.15) is 0 Å². The second kappa shape index (κ2) is 9.17. The summed E-state index contributed by atoms with van der Waals surface area (Å²) in [6, 6.07) is 16.0. The van der Waals surface area contributed by atoms with Crippen LogP contribution in [0, 0.1) is 0 Å². The summed E-state index contributed by atoms with van der Waals surface area (Å²) < 4.78 is 1.17. The van der Waals surface area contributed by atoms with Crippen LogP contribution in [-0.2, 0) is 4.79 Å². The molecule has 0 bridgehead atoms. The molecule has 0 spiro atoms. The molecular formula is C21H23N3OS2. The summed E-state index contributed by atoms with van der Waals surface area (Å²) in [6.07, 6.45) is 1.86. The van der Waals surface area contributed by atoms with Gasteiger partial charge in [0.1, 0.15) is 5.01 Å². The molecule has 140 valence electrons. The Labute approximate surface area is 168 Å². The van der Waals surface area contributed by atoms with Crippen LogP contribution in [0.5, 0.6) is 0 Å². The lowest BCUT2D eigenvalue weighted by Crippen LogP contribution is -2.32. The van der Waals surface area contributed by atoms with Gasteiger partial charge in [0, 0.05) is 10.6 Å². The van der Waals surface area contributed by atoms with Crippen molar-refractivity contribution >= 4 is 44.9 Å². The molecule has 0 saturated heterocycles. The maximum atomic E-state index is 12.6. The highest BCUT2D eigenvalue weighted by atomic mass is 32.2. The maximum Gasteiger partial charge on any atom is 0.238 e. The second-order valence-corrected chi connectivity index (χ2v) is 8.38. The number of benzene rings is 2. The van der Waals surface area contributed by atoms with E-state index < -0.39 is 0 Å². The van der Waals surface area contributed by atoms with Gasteiger partial charge in [0.2, 0.25) is 5.91 Å². The molecule has 27 heavy (non-hydrogen) atoms. The number of amides is 1. The lowest BCUT2D eigenvalue weighted by atomic mass is 10.3. The van der Waals surface area contributed by atoms with Crippen LogP contribution < -0.4 is 5.32 Å². The molecule has 0 unspecified atom stereocenters. The molecule has 1 N–H and O–H groups in total. The Balaban J connectivity index is 1.64. The van der Waals surface area contributed by atoms with Gasteiger partial charge in [0.15, 0.2) is 0 Å². The van der Waals surface area contributed by atoms with Gasteiger partial charge in [-0.15, -0.1) is 29.7 Å². The number of aromatic nitrogens is 1. The van der Waals surface area contributed by atoms with Gasteiger partial charge in [-0.05, 0) is 38.2 Å². The molecule has 0 aliphatic carbocycles. The second-order valence-electron chi connectivity index (χ2n) is 6.25. The van der Waals surface area contributed by atoms with Crippen molar-refractivity contribution in [3.8, 4) is 0 Å². The monoisotopic (exact) mass is 397 g/mol. The molecule has 0 saturated carbocycles. The Morgan fingerprint density at radius 3 is 2.81 bits per heavy atom. The van der Waals surface area contributed by atoms with Gasteiger partial charge in [-0.25, -0.2) is 4.98 Å². The predicted molar refractivity (Wildman–Crippen MR) is 117 cm³/mol. The lowest BCUT2D eigenvalue weighted by Gasteiger charge is -2.22. The number of hydrogen-bond donors (Lipinski definition) is 1. The van der Waals surface area contributed by atoms with Crippen LogP contribution in [0.15, 0.2) is 66.1 Å². The molecule has 3 rings (SSSR count). The summed E-state index contributed by atoms with van der Waals surface area (Å²) >= 11 is 3.34. The third-order valence-corrected chi connectivity index (χ3v) is 6.52. The zero-order valence-electron chi connectivity index (χ0n) is 15.5. The van der Waals surface area contributed by atoms with Crippen molar-refractivity contribution < 1.29 is 4.79 Å². The summed E-state index contributed by atoms with van der Waals surface area (Å²) in [5.74, 6) is 0.777. The minimum atomic E-state index is -0.0304. The van der Waals surface area contributed by atoms with Gasteiger partial charge >= 0.3 is 0 Å². The Hall–Kier alpha value is -2.15. The number of nitrogens with zero attached hydrogens (tertiary/aromatic N) is 2. The highest BCUT2D eigenvalue weighted by Gasteiger charge is 2.19. The van der Waals surface area contributed by atoms with E-state index in [1.807, 2.05) is 60.5 Å². The van der Waals surface area contributed by atoms with Crippen LogP contribution >= 0.6 is 23.1 Å². The standard InChI is InChI=1S/C21H23N3OS2/c1-4-13-26-18-11-7-5-9-16(18)22-20(25)14-24(3)15(2)21-23-17-10-6-8-12-19(17)27-21/h4-12,15H,1,13-14H2,2-3H3,(H,22,25)/t15-/m0/s1. The number of thioether (sulfide) groups is 1. The lowest BCUT2D eigenvalue weighted by molar-refractivity contribution is -0.117. The zero-order chi connectivity index (χ0) is 19.2. The number of anilines is 1. The third-order valence-electron chi connectivity index (χ3n) is 4.24. The Kier molecular flexibility index (Phi) is 6.66. The fourth-order valence-corrected chi connectivity index (χ4v) is 4.49. The van der Waals surface area contributed by atoms with Crippen molar-refractivity contribution in [3.63, 3.8) is 0 Å². The first-order valence-corrected chi connectivity index (χ1v) is 10.6. The average molecular weight is 398 g/mol. The van der Waals surface area contributed by atoms with E-state index in [1.54, 1.807) is 23.1 Å². The van der Waals surface area contributed by atoms with Crippen molar-refractivity contribution in [3.05, 3.63) is 66.2 Å². The van der Waals surface area contributed by atoms with Crippen molar-refractivity contribution in [1.29, 1.82) is 0 Å². The zero-order valence-corrected chi connectivity index (χ0v) is 17.1. The molecular weight excluding hydrogens is 374 g/mol. The van der Waals surface area contributed by atoms with Gasteiger partial charge < -0.3 is 5.32 Å². The summed E-state index contributed by atoms with van der Waals surface area (Å²) in [4.78, 5) is 20.3. The number of fused-ring (bicyclic) bond motifs is 1. The molecule has 4 nitrogen and oxygen atoms in total. The summed E-state index contributed by atoms with van der Waals surface area (Å²) in [5.41, 5.74) is 1.85. The summed E-state index contributed by atoms with van der Waals surface area (Å²) in [5, 5.41) is 4.05. The molecule has 2 aromatic carbocycles. The quantitative estimate of drug-likeness (QED) is 0.419. The topological polar surface area (TPSA) is 45.2 Å². The van der Waals surface area contributed by atoms with Crippen LogP contribution in [-0.4, -0.2) is 35.1 Å². The minimum absolute atomic E-state index is 0.0304. The first-order chi connectivity index (χ1) is 13.1. The van der Waals surface area contributed by atoms with Crippen molar-refractivity contribution in [2.24, 2.45) is 0 Å². The van der Waals surface area contributed by atoms with Crippen molar-refractivity contribution in [1.82, 2.24) is 9.88 Å². The molecule has 6 heteroatoms. The first kappa shape index (κ1) is 19.6. The average Bonchev–Trinajstić information content (AvgIpc) is 3.10. The molecule has 0 fully saturated rings. The van der Waals surface area contributed by atoms with Crippen molar-refractivity contribution in [2.45, 2.75) is 17.9 Å². The number of carbonyl (C=O) groups excluding carboxylic acids is 1. The van der Waals surface area contributed by atoms with Crippen LogP contribution in [0.4, 0.5) is 5.69 Å². The van der Waals surface area contributed by atoms with Crippen LogP contribution in [0.25, 0.3) is 10.2 Å². The molecule has 1 amide bonds. The Morgan fingerprint density at radius 1 is 1.30 bits per heavy atom. The Bertz CT molecular complexity index is 905. The number of hydrogen-bond acceptors (Lipinski definition) is 5. The van der Waals surface area contributed by atoms with E-state index in [1.165, 1.54) is 4.70 Å². The normalized spacial score (nSPS) is 12.3. The molecule has 3 aromatic rings. The van der Waals surface area contributed by atoms with Gasteiger partial charge in [-0.1, -0.05) is 30.3 Å². The maximum absolute atomic E-state index is 12.6. The molecule has 0 radical (unpaired) electrons. The van der Waals surface area contributed by atoms with E-state index in [9.17, 15) is 4.79 Å². The summed E-state index contributed by atoms with van der Waals surface area (Å²) in [6.45, 7) is 6.14. The number of nitrogens with one attached hydrogen (secondary N) is 1. The van der Waals surface area contributed by atoms with E-state index in [2.05, 4.69) is 24.9 Å². The first-order valence-electron chi connectivity index (χ1n) is 8.76. The fourth-order valence-electron chi connectivity index (χ4n) is 2.65. The van der Waals surface area contributed by atoms with Crippen molar-refractivity contribution in [2.75, 3.05) is 24.7 Å². The third kappa shape index (κ3) is 4.97. The van der Waals surface area contributed by atoms with Gasteiger partial charge in [0.25, 0.3) is 0 Å². The minimum Gasteiger partial charge on any atom is -0.324 e. The highest BCUT2D eigenvalue weighted by Crippen LogP contribution is 2.29. The smallest absolute Gasteiger partial charge is 0.238 e. The molecule has 0 aliphatic rings. The predicted octanol–water partition coefficient (Wildman–Crippen LogP) is 5.21. The molecule has 1 heterocycles. The van der Waals surface area contributed by atoms with E-state index in [0.717, 1.165) is 26.9 Å². The van der Waals surface area contributed by atoms with E-state index in [-0.39, 0.29) is 11.9 Å². The van der Waals surface area contributed by atoms with Crippen LogP contribution in [0.1, 0.15) is 18.0 Å². The fraction of sp³-hybridized carbons (Fsp3) is 0.238. The van der Waals surface area contributed by atoms with E-state index in [4.69, 9.17) is 4.98 Å². The van der Waals surface area contributed by atoms with E-state index in [0.29, 0.717) is 6.54 Å². The van der Waals surface area contributed by atoms with Crippen LogP contribution in [0.3, 0.4) is 0 Å². The van der Waals surface area contributed by atoms with Gasteiger partial charge in [0.05, 0.1) is 28.5 Å². The number of rotatable bonds is 8. The number of para-hydroxylation sites is 2. The molecule has 0 aliphatic heterocycles. The largest absolute Gasteiger partial charge is 0.324 e. The Morgan fingerprint density at radius 2 is 2.04 bits per heavy atom. The van der Waals surface area contributed by atoms with Crippen LogP contribution in [0.2, 0.25) is 0 Å². The van der Waals surface area contributed by atoms with Gasteiger partial charge in [-0.3, -0.25) is 9.69 Å². The van der Waals surface area contributed by atoms with E-state index >= 15 is 0 Å². The number of carbonyl (C=O) groups is 1. The molecule has 1 atom stereocenters.